The van der Waals surface area contributed by atoms with Gasteiger partial charge in [-0.15, -0.1) is 0 Å². The first kappa shape index (κ1) is 11.0. The average Bonchev–Trinajstić information content (AvgIpc) is 2.20. The molecule has 1 aromatic rings. The zero-order valence-electron chi connectivity index (χ0n) is 8.99. The van der Waals surface area contributed by atoms with Crippen molar-refractivity contribution in [1.82, 2.24) is 0 Å². The Bertz CT molecular complexity index is 319. The second-order valence-corrected chi connectivity index (χ2v) is 5.89. The molecule has 0 spiro atoms. The molecule has 1 aromatic carbocycles. The highest BCUT2D eigenvalue weighted by Crippen LogP contribution is 2.22. The number of rotatable bonds is 3. The van der Waals surface area contributed by atoms with Crippen LogP contribution < -0.4 is 0 Å². The molecule has 0 radical (unpaired) electrons. The summed E-state index contributed by atoms with van der Waals surface area (Å²) in [5.74, 6) is 0. The van der Waals surface area contributed by atoms with Gasteiger partial charge in [0.15, 0.2) is 0 Å². The molecule has 0 aliphatic rings. The van der Waals surface area contributed by atoms with Crippen LogP contribution in [0.3, 0.4) is 0 Å². The molecule has 2 nitrogen and oxygen atoms in total. The van der Waals surface area contributed by atoms with Gasteiger partial charge >= 0.3 is 0 Å². The molecule has 1 rings (SSSR count). The highest BCUT2D eigenvalue weighted by molar-refractivity contribution is 6.29. The van der Waals surface area contributed by atoms with E-state index < -0.39 is 0 Å². The lowest BCUT2D eigenvalue weighted by atomic mass is 9.93. The van der Waals surface area contributed by atoms with Crippen LogP contribution in [0.25, 0.3) is 0 Å². The number of oxime groups is 1. The summed E-state index contributed by atoms with van der Waals surface area (Å²) in [6.45, 7) is 4.15. The number of hydrogen-bond acceptors (Lipinski definition) is 2. The molecule has 1 atom stereocenters. The molecule has 14 heavy (non-hydrogen) atoms. The summed E-state index contributed by atoms with van der Waals surface area (Å²) in [5.41, 5.74) is 2.11. The third-order valence-electron chi connectivity index (χ3n) is 2.67. The molecule has 3 heteroatoms. The second-order valence-electron chi connectivity index (χ2n) is 3.89. The van der Waals surface area contributed by atoms with Crippen LogP contribution in [-0.2, 0) is 5.04 Å². The van der Waals surface area contributed by atoms with Crippen LogP contribution >= 0.6 is 0 Å². The van der Waals surface area contributed by atoms with Gasteiger partial charge in [-0.2, -0.15) is 0 Å². The van der Waals surface area contributed by atoms with Crippen molar-refractivity contribution in [1.29, 1.82) is 0 Å². The third kappa shape index (κ3) is 2.04. The Morgan fingerprint density at radius 3 is 2.43 bits per heavy atom. The molecule has 0 fully saturated rings. The molecule has 0 amide bonds. The van der Waals surface area contributed by atoms with Crippen molar-refractivity contribution in [2.45, 2.75) is 25.3 Å². The van der Waals surface area contributed by atoms with E-state index in [1.807, 2.05) is 25.1 Å². The zero-order valence-corrected chi connectivity index (χ0v) is 11.0. The van der Waals surface area contributed by atoms with Crippen molar-refractivity contribution in [3.8, 4) is 0 Å². The fourth-order valence-corrected chi connectivity index (χ4v) is 2.45. The van der Waals surface area contributed by atoms with E-state index in [4.69, 9.17) is 5.21 Å². The van der Waals surface area contributed by atoms with E-state index in [0.717, 1.165) is 22.4 Å². The lowest BCUT2D eigenvalue weighted by molar-refractivity contribution is 0.315. The van der Waals surface area contributed by atoms with E-state index in [0.29, 0.717) is 0 Å². The molecular weight excluding hydrogens is 190 g/mol. The Kier molecular flexibility index (Phi) is 3.47. The van der Waals surface area contributed by atoms with Gasteiger partial charge in [0.05, 0.1) is 5.71 Å². The highest BCUT2D eigenvalue weighted by Gasteiger charge is 2.26. The molecule has 0 aliphatic carbocycles. The summed E-state index contributed by atoms with van der Waals surface area (Å²) in [6, 6.07) is 10.2. The predicted octanol–water partition coefficient (Wildman–Crippen LogP) is 1.51. The van der Waals surface area contributed by atoms with Crippen LogP contribution in [0.5, 0.6) is 0 Å². The quantitative estimate of drug-likeness (QED) is 0.346. The largest absolute Gasteiger partial charge is 0.411 e. The molecule has 0 aliphatic heterocycles. The van der Waals surface area contributed by atoms with Crippen molar-refractivity contribution < 1.29 is 5.21 Å². The summed E-state index contributed by atoms with van der Waals surface area (Å²) in [7, 11) is 0.947. The summed E-state index contributed by atoms with van der Waals surface area (Å²) in [4.78, 5) is 0. The Morgan fingerprint density at radius 1 is 1.43 bits per heavy atom. The molecule has 1 unspecified atom stereocenters. The standard InChI is InChI=1S/C11H17NOSi/c1-3-10(12-13)11(2,14)9-7-5-4-6-8-9/h4-8,13H,3H2,1-2,14H3. The van der Waals surface area contributed by atoms with E-state index in [2.05, 4.69) is 24.2 Å². The van der Waals surface area contributed by atoms with Gasteiger partial charge in [-0.1, -0.05) is 49.3 Å². The third-order valence-corrected chi connectivity index (χ3v) is 3.83. The summed E-state index contributed by atoms with van der Waals surface area (Å²) in [6.07, 6.45) is 0.797. The zero-order chi connectivity index (χ0) is 10.6. The lowest BCUT2D eigenvalue weighted by Gasteiger charge is -2.25. The Hall–Kier alpha value is -1.09. The topological polar surface area (TPSA) is 32.6 Å². The van der Waals surface area contributed by atoms with Crippen molar-refractivity contribution in [2.24, 2.45) is 5.16 Å². The fourth-order valence-electron chi connectivity index (χ4n) is 1.66. The first-order valence-corrected chi connectivity index (χ1v) is 5.89. The van der Waals surface area contributed by atoms with E-state index >= 15 is 0 Å². The summed E-state index contributed by atoms with van der Waals surface area (Å²) >= 11 is 0. The molecule has 76 valence electrons. The highest BCUT2D eigenvalue weighted by atomic mass is 28.1. The Balaban J connectivity index is 3.07. The lowest BCUT2D eigenvalue weighted by Crippen LogP contribution is -2.32. The fraction of sp³-hybridized carbons (Fsp3) is 0.364. The number of benzene rings is 1. The van der Waals surface area contributed by atoms with E-state index in [-0.39, 0.29) is 5.04 Å². The van der Waals surface area contributed by atoms with Gasteiger partial charge in [-0.3, -0.25) is 0 Å². The SMILES string of the molecule is CCC(=NO)C(C)([SiH3])c1ccccc1. The molecule has 0 heterocycles. The molecule has 0 saturated carbocycles. The van der Waals surface area contributed by atoms with Gasteiger partial charge in [-0.05, 0) is 12.0 Å². The van der Waals surface area contributed by atoms with Gasteiger partial charge in [0.2, 0.25) is 0 Å². The van der Waals surface area contributed by atoms with Crippen LogP contribution in [0.2, 0.25) is 0 Å². The Labute approximate surface area is 88.1 Å². The van der Waals surface area contributed by atoms with Gasteiger partial charge in [0.25, 0.3) is 0 Å². The molecule has 0 aromatic heterocycles. The molecule has 1 N–H and O–H groups in total. The van der Waals surface area contributed by atoms with Gasteiger partial charge in [0.1, 0.15) is 0 Å². The van der Waals surface area contributed by atoms with E-state index in [9.17, 15) is 0 Å². The smallest absolute Gasteiger partial charge is 0.0632 e. The van der Waals surface area contributed by atoms with Crippen LogP contribution in [0, 0.1) is 0 Å². The van der Waals surface area contributed by atoms with Crippen molar-refractivity contribution in [3.05, 3.63) is 35.9 Å². The monoisotopic (exact) mass is 207 g/mol. The first-order chi connectivity index (χ1) is 6.62. The Morgan fingerprint density at radius 2 is 2.00 bits per heavy atom. The summed E-state index contributed by atoms with van der Waals surface area (Å²) < 4.78 is 0. The average molecular weight is 207 g/mol. The van der Waals surface area contributed by atoms with E-state index in [1.54, 1.807) is 0 Å². The van der Waals surface area contributed by atoms with Crippen molar-refractivity contribution >= 4 is 16.0 Å². The van der Waals surface area contributed by atoms with Crippen molar-refractivity contribution in [2.75, 3.05) is 0 Å². The van der Waals surface area contributed by atoms with E-state index in [1.165, 1.54) is 5.56 Å². The minimum Gasteiger partial charge on any atom is -0.411 e. The minimum atomic E-state index is -0.0508. The van der Waals surface area contributed by atoms with Crippen molar-refractivity contribution in [3.63, 3.8) is 0 Å². The van der Waals surface area contributed by atoms with Gasteiger partial charge in [-0.25, -0.2) is 0 Å². The normalized spacial score (nSPS) is 16.6. The number of hydrogen-bond donors (Lipinski definition) is 1. The van der Waals surface area contributed by atoms with Crippen LogP contribution in [0.15, 0.2) is 35.5 Å². The van der Waals surface area contributed by atoms with Crippen LogP contribution in [-0.4, -0.2) is 21.2 Å². The summed E-state index contributed by atoms with van der Waals surface area (Å²) in [5, 5.41) is 12.3. The number of nitrogens with zero attached hydrogens (tertiary/aromatic N) is 1. The first-order valence-electron chi connectivity index (χ1n) is 4.89. The minimum absolute atomic E-state index is 0.0508. The maximum Gasteiger partial charge on any atom is 0.0632 e. The predicted molar refractivity (Wildman–Crippen MR) is 63.2 cm³/mol. The molecular formula is C11H17NOSi. The maximum atomic E-state index is 8.93. The molecule has 0 saturated heterocycles. The molecule has 0 bridgehead atoms. The second kappa shape index (κ2) is 4.42. The maximum absolute atomic E-state index is 8.93. The van der Waals surface area contributed by atoms with Gasteiger partial charge < -0.3 is 5.21 Å². The van der Waals surface area contributed by atoms with Crippen LogP contribution in [0.1, 0.15) is 25.8 Å². The van der Waals surface area contributed by atoms with Gasteiger partial charge in [0, 0.05) is 15.3 Å². The van der Waals surface area contributed by atoms with Crippen LogP contribution in [0.4, 0.5) is 0 Å².